The Morgan fingerprint density at radius 2 is 1.73 bits per heavy atom. The van der Waals surface area contributed by atoms with E-state index >= 15 is 0 Å². The van der Waals surface area contributed by atoms with Crippen LogP contribution in [0.25, 0.3) is 0 Å². The van der Waals surface area contributed by atoms with Crippen molar-refractivity contribution in [3.8, 4) is 0 Å². The molecule has 0 atom stereocenters. The van der Waals surface area contributed by atoms with E-state index in [1.54, 1.807) is 0 Å². The lowest BCUT2D eigenvalue weighted by Gasteiger charge is -2.17. The van der Waals surface area contributed by atoms with Gasteiger partial charge in [-0.05, 0) is 36.5 Å². The minimum Gasteiger partial charge on any atom is -0.316 e. The van der Waals surface area contributed by atoms with Crippen LogP contribution in [0.1, 0.15) is 47.5 Å². The van der Waals surface area contributed by atoms with Gasteiger partial charge in [0.05, 0.1) is 0 Å². The highest BCUT2D eigenvalue weighted by atomic mass is 32.2. The topological polar surface area (TPSA) is 12.0 Å². The molecule has 0 aromatic heterocycles. The summed E-state index contributed by atoms with van der Waals surface area (Å²) in [5.41, 5.74) is 0.470. The monoisotopic (exact) mass is 231 g/mol. The molecule has 0 saturated carbocycles. The third-order valence-electron chi connectivity index (χ3n) is 2.31. The molecule has 0 radical (unpaired) electrons. The molecule has 0 spiro atoms. The molecule has 0 rings (SSSR count). The first-order valence-electron chi connectivity index (χ1n) is 6.20. The summed E-state index contributed by atoms with van der Waals surface area (Å²) in [4.78, 5) is 0. The Labute approximate surface area is 101 Å². The van der Waals surface area contributed by atoms with E-state index in [4.69, 9.17) is 0 Å². The smallest absolute Gasteiger partial charge is 0.00581 e. The fraction of sp³-hybridized carbons (Fsp3) is 1.00. The molecule has 0 aliphatic rings. The molecule has 0 heterocycles. The van der Waals surface area contributed by atoms with E-state index < -0.39 is 0 Å². The van der Waals surface area contributed by atoms with Gasteiger partial charge in [0.1, 0.15) is 0 Å². The van der Waals surface area contributed by atoms with Crippen molar-refractivity contribution in [1.29, 1.82) is 0 Å². The predicted molar refractivity (Wildman–Crippen MR) is 73.7 cm³/mol. The Hall–Kier alpha value is 0.310. The summed E-state index contributed by atoms with van der Waals surface area (Å²) in [5, 5.41) is 3.51. The van der Waals surface area contributed by atoms with E-state index in [-0.39, 0.29) is 0 Å². The molecule has 0 amide bonds. The first-order chi connectivity index (χ1) is 6.92. The lowest BCUT2D eigenvalue weighted by Crippen LogP contribution is -2.22. The summed E-state index contributed by atoms with van der Waals surface area (Å²) >= 11 is 2.08. The first kappa shape index (κ1) is 15.3. The highest BCUT2D eigenvalue weighted by Gasteiger charge is 2.08. The van der Waals surface area contributed by atoms with E-state index in [9.17, 15) is 0 Å². The van der Waals surface area contributed by atoms with Crippen molar-refractivity contribution < 1.29 is 0 Å². The molecule has 1 nitrogen and oxygen atoms in total. The second-order valence-electron chi connectivity index (χ2n) is 5.86. The zero-order valence-corrected chi connectivity index (χ0v) is 12.0. The van der Waals surface area contributed by atoms with Crippen molar-refractivity contribution in [2.45, 2.75) is 47.5 Å². The van der Waals surface area contributed by atoms with Gasteiger partial charge in [0, 0.05) is 12.3 Å². The molecule has 92 valence electrons. The van der Waals surface area contributed by atoms with Crippen LogP contribution in [-0.2, 0) is 0 Å². The highest BCUT2D eigenvalue weighted by Crippen LogP contribution is 2.16. The second kappa shape index (κ2) is 8.46. The normalized spacial score (nSPS) is 12.4. The van der Waals surface area contributed by atoms with Gasteiger partial charge < -0.3 is 5.32 Å². The summed E-state index contributed by atoms with van der Waals surface area (Å²) in [7, 11) is 0. The lowest BCUT2D eigenvalue weighted by atomic mass is 9.92. The molecular formula is C13H29NS. The van der Waals surface area contributed by atoms with Gasteiger partial charge in [0.15, 0.2) is 0 Å². The highest BCUT2D eigenvalue weighted by molar-refractivity contribution is 7.99. The molecule has 15 heavy (non-hydrogen) atoms. The molecule has 0 aliphatic carbocycles. The Morgan fingerprint density at radius 3 is 2.27 bits per heavy atom. The quantitative estimate of drug-likeness (QED) is 0.638. The summed E-state index contributed by atoms with van der Waals surface area (Å²) in [5.74, 6) is 3.43. The number of rotatable bonds is 8. The summed E-state index contributed by atoms with van der Waals surface area (Å²) in [6.07, 6.45) is 2.62. The van der Waals surface area contributed by atoms with Crippen LogP contribution in [0.2, 0.25) is 0 Å². The number of nitrogens with one attached hydrogen (secondary N) is 1. The Morgan fingerprint density at radius 1 is 1.07 bits per heavy atom. The van der Waals surface area contributed by atoms with Crippen LogP contribution in [0.3, 0.4) is 0 Å². The Balaban J connectivity index is 3.06. The van der Waals surface area contributed by atoms with Crippen LogP contribution in [0, 0.1) is 11.3 Å². The fourth-order valence-corrected chi connectivity index (χ4v) is 2.28. The standard InChI is InChI=1S/C13H29NS/c1-12(2)6-10-15-11-9-14-8-7-13(3,4)5/h12,14H,6-11H2,1-5H3. The van der Waals surface area contributed by atoms with Crippen LogP contribution in [0.4, 0.5) is 0 Å². The molecular weight excluding hydrogens is 202 g/mol. The van der Waals surface area contributed by atoms with Crippen LogP contribution in [0.15, 0.2) is 0 Å². The largest absolute Gasteiger partial charge is 0.316 e. The Kier molecular flexibility index (Phi) is 8.64. The van der Waals surface area contributed by atoms with Crippen molar-refractivity contribution >= 4 is 11.8 Å². The third kappa shape index (κ3) is 14.3. The zero-order valence-electron chi connectivity index (χ0n) is 11.2. The lowest BCUT2D eigenvalue weighted by molar-refractivity contribution is 0.369. The van der Waals surface area contributed by atoms with Crippen molar-refractivity contribution in [2.24, 2.45) is 11.3 Å². The van der Waals surface area contributed by atoms with E-state index in [1.807, 2.05) is 0 Å². The number of hydrogen-bond acceptors (Lipinski definition) is 2. The minimum atomic E-state index is 0.470. The van der Waals surface area contributed by atoms with E-state index in [0.717, 1.165) is 12.5 Å². The van der Waals surface area contributed by atoms with Gasteiger partial charge in [0.2, 0.25) is 0 Å². The van der Waals surface area contributed by atoms with Crippen LogP contribution in [-0.4, -0.2) is 24.6 Å². The van der Waals surface area contributed by atoms with Gasteiger partial charge >= 0.3 is 0 Å². The molecule has 1 N–H and O–H groups in total. The van der Waals surface area contributed by atoms with E-state index in [1.165, 1.54) is 30.9 Å². The summed E-state index contributed by atoms with van der Waals surface area (Å²) < 4.78 is 0. The maximum Gasteiger partial charge on any atom is 0.00581 e. The molecule has 0 bridgehead atoms. The summed E-state index contributed by atoms with van der Waals surface area (Å²) in [6.45, 7) is 13.8. The van der Waals surface area contributed by atoms with Gasteiger partial charge in [-0.2, -0.15) is 11.8 Å². The van der Waals surface area contributed by atoms with E-state index in [0.29, 0.717) is 5.41 Å². The molecule has 0 aromatic rings. The molecule has 0 unspecified atom stereocenters. The third-order valence-corrected chi connectivity index (χ3v) is 3.33. The zero-order chi connectivity index (χ0) is 11.7. The van der Waals surface area contributed by atoms with Crippen molar-refractivity contribution in [3.63, 3.8) is 0 Å². The first-order valence-corrected chi connectivity index (χ1v) is 7.36. The maximum absolute atomic E-state index is 3.51. The van der Waals surface area contributed by atoms with Gasteiger partial charge in [-0.15, -0.1) is 0 Å². The van der Waals surface area contributed by atoms with Crippen LogP contribution < -0.4 is 5.32 Å². The second-order valence-corrected chi connectivity index (χ2v) is 7.08. The molecule has 0 saturated heterocycles. The van der Waals surface area contributed by atoms with Gasteiger partial charge in [-0.1, -0.05) is 34.6 Å². The van der Waals surface area contributed by atoms with Crippen LogP contribution in [0.5, 0.6) is 0 Å². The number of hydrogen-bond donors (Lipinski definition) is 1. The number of thioether (sulfide) groups is 1. The van der Waals surface area contributed by atoms with Crippen molar-refractivity contribution in [1.82, 2.24) is 5.32 Å². The SMILES string of the molecule is CC(C)CCSCCNCCC(C)(C)C. The summed E-state index contributed by atoms with van der Waals surface area (Å²) in [6, 6.07) is 0. The minimum absolute atomic E-state index is 0.470. The van der Waals surface area contributed by atoms with Crippen molar-refractivity contribution in [3.05, 3.63) is 0 Å². The van der Waals surface area contributed by atoms with E-state index in [2.05, 4.69) is 51.7 Å². The average molecular weight is 231 g/mol. The van der Waals surface area contributed by atoms with Gasteiger partial charge in [-0.3, -0.25) is 0 Å². The molecule has 2 heteroatoms. The van der Waals surface area contributed by atoms with Crippen molar-refractivity contribution in [2.75, 3.05) is 24.6 Å². The Bertz CT molecular complexity index is 138. The predicted octanol–water partition coefficient (Wildman–Crippen LogP) is 3.79. The van der Waals surface area contributed by atoms with Gasteiger partial charge in [0.25, 0.3) is 0 Å². The van der Waals surface area contributed by atoms with Crippen LogP contribution >= 0.6 is 11.8 Å². The van der Waals surface area contributed by atoms with Gasteiger partial charge in [-0.25, -0.2) is 0 Å². The molecule has 0 fully saturated rings. The molecule has 0 aromatic carbocycles. The maximum atomic E-state index is 3.51. The fourth-order valence-electron chi connectivity index (χ4n) is 1.15. The molecule has 0 aliphatic heterocycles. The average Bonchev–Trinajstić information content (AvgIpc) is 2.07.